The maximum atomic E-state index is 12.8. The Morgan fingerprint density at radius 2 is 2.19 bits per heavy atom. The zero-order chi connectivity index (χ0) is 14.9. The zero-order valence-electron chi connectivity index (χ0n) is 11.0. The first kappa shape index (κ1) is 13.5. The zero-order valence-corrected chi connectivity index (χ0v) is 11.0. The fourth-order valence-electron chi connectivity index (χ4n) is 2.28. The summed E-state index contributed by atoms with van der Waals surface area (Å²) < 4.78 is 32.5. The number of hydrogen-bond acceptors (Lipinski definition) is 4. The Balaban J connectivity index is 1.71. The van der Waals surface area contributed by atoms with E-state index in [1.54, 1.807) is 18.2 Å². The molecule has 21 heavy (non-hydrogen) atoms. The maximum Gasteiger partial charge on any atom is 0.248 e. The largest absolute Gasteiger partial charge is 0.477 e. The average molecular weight is 290 g/mol. The Hall–Kier alpha value is -2.49. The molecule has 0 saturated heterocycles. The van der Waals surface area contributed by atoms with Gasteiger partial charge in [-0.25, -0.2) is 13.8 Å². The van der Waals surface area contributed by atoms with Crippen LogP contribution in [0.15, 0.2) is 30.6 Å². The van der Waals surface area contributed by atoms with Gasteiger partial charge >= 0.3 is 0 Å². The molecular weight excluding hydrogens is 278 g/mol. The summed E-state index contributed by atoms with van der Waals surface area (Å²) in [5.41, 5.74) is 0.458. The van der Waals surface area contributed by atoms with Crippen LogP contribution in [-0.4, -0.2) is 27.3 Å². The number of halogens is 2. The maximum absolute atomic E-state index is 12.8. The van der Waals surface area contributed by atoms with Gasteiger partial charge in [-0.05, 0) is 6.07 Å². The third-order valence-corrected chi connectivity index (χ3v) is 3.34. The average Bonchev–Trinajstić information content (AvgIpc) is 2.91. The summed E-state index contributed by atoms with van der Waals surface area (Å²) in [6, 6.07) is 6.83. The SMILES string of the molecule is N#Cc1ccnc(-n2nccc2OCC2CC(F)(F)C2)c1. The number of aromatic nitrogens is 3. The van der Waals surface area contributed by atoms with E-state index in [1.807, 2.05) is 6.07 Å². The Kier molecular flexibility index (Phi) is 3.29. The number of alkyl halides is 2. The van der Waals surface area contributed by atoms with E-state index in [-0.39, 0.29) is 25.4 Å². The lowest BCUT2D eigenvalue weighted by molar-refractivity contribution is -0.119. The molecule has 2 aromatic heterocycles. The summed E-state index contributed by atoms with van der Waals surface area (Å²) >= 11 is 0. The number of hydrogen-bond donors (Lipinski definition) is 0. The molecule has 1 aliphatic carbocycles. The summed E-state index contributed by atoms with van der Waals surface area (Å²) in [6.45, 7) is 0.221. The van der Waals surface area contributed by atoms with Crippen molar-refractivity contribution in [3.63, 3.8) is 0 Å². The van der Waals surface area contributed by atoms with Crippen LogP contribution >= 0.6 is 0 Å². The third-order valence-electron chi connectivity index (χ3n) is 3.34. The van der Waals surface area contributed by atoms with Gasteiger partial charge < -0.3 is 4.74 Å². The van der Waals surface area contributed by atoms with E-state index in [0.29, 0.717) is 17.3 Å². The van der Waals surface area contributed by atoms with Crippen LogP contribution in [0.3, 0.4) is 0 Å². The Bertz CT molecular complexity index is 684. The fraction of sp³-hybridized carbons (Fsp3) is 0.357. The van der Waals surface area contributed by atoms with Crippen LogP contribution in [0, 0.1) is 17.2 Å². The highest BCUT2D eigenvalue weighted by atomic mass is 19.3. The van der Waals surface area contributed by atoms with Crippen molar-refractivity contribution in [2.45, 2.75) is 18.8 Å². The van der Waals surface area contributed by atoms with Crippen LogP contribution in [0.25, 0.3) is 5.82 Å². The number of rotatable bonds is 4. The summed E-state index contributed by atoms with van der Waals surface area (Å²) in [6.07, 6.45) is 2.77. The first-order chi connectivity index (χ1) is 10.1. The van der Waals surface area contributed by atoms with Gasteiger partial charge in [0.05, 0.1) is 24.4 Å². The normalized spacial score (nSPS) is 17.0. The van der Waals surface area contributed by atoms with Crippen molar-refractivity contribution in [2.24, 2.45) is 5.92 Å². The highest BCUT2D eigenvalue weighted by molar-refractivity contribution is 5.36. The molecule has 3 rings (SSSR count). The molecule has 0 aromatic carbocycles. The third kappa shape index (κ3) is 2.84. The second-order valence-corrected chi connectivity index (χ2v) is 5.04. The molecule has 0 amide bonds. The molecule has 0 spiro atoms. The molecule has 0 radical (unpaired) electrons. The summed E-state index contributed by atoms with van der Waals surface area (Å²) in [7, 11) is 0. The van der Waals surface area contributed by atoms with Gasteiger partial charge in [0.2, 0.25) is 11.8 Å². The summed E-state index contributed by atoms with van der Waals surface area (Å²) in [5, 5.41) is 13.0. The predicted molar refractivity (Wildman–Crippen MR) is 69.2 cm³/mol. The van der Waals surface area contributed by atoms with Gasteiger partial charge in [0, 0.05) is 37.1 Å². The Labute approximate surface area is 119 Å². The number of ether oxygens (including phenoxy) is 1. The number of pyridine rings is 1. The quantitative estimate of drug-likeness (QED) is 0.868. The first-order valence-corrected chi connectivity index (χ1v) is 6.48. The van der Waals surface area contributed by atoms with Crippen molar-refractivity contribution in [1.82, 2.24) is 14.8 Å². The predicted octanol–water partition coefficient (Wildman–Crippen LogP) is 2.56. The molecule has 1 fully saturated rings. The molecule has 1 aliphatic rings. The highest BCUT2D eigenvalue weighted by Gasteiger charge is 2.45. The number of nitriles is 1. The van der Waals surface area contributed by atoms with Crippen molar-refractivity contribution in [2.75, 3.05) is 6.61 Å². The minimum Gasteiger partial charge on any atom is -0.477 e. The molecule has 1 saturated carbocycles. The molecule has 0 bridgehead atoms. The molecule has 0 aliphatic heterocycles. The summed E-state index contributed by atoms with van der Waals surface area (Å²) in [5.74, 6) is -1.81. The molecule has 0 unspecified atom stereocenters. The van der Waals surface area contributed by atoms with Crippen molar-refractivity contribution in [1.29, 1.82) is 5.26 Å². The van der Waals surface area contributed by atoms with Gasteiger partial charge in [-0.2, -0.15) is 15.0 Å². The highest BCUT2D eigenvalue weighted by Crippen LogP contribution is 2.42. The van der Waals surface area contributed by atoms with Crippen molar-refractivity contribution < 1.29 is 13.5 Å². The standard InChI is InChI=1S/C14H12F2N4O/c15-14(16)6-11(7-14)9-21-13-2-4-19-20(13)12-5-10(8-17)1-3-18-12/h1-5,11H,6-7,9H2. The minimum absolute atomic E-state index is 0.136. The molecule has 5 nitrogen and oxygen atoms in total. The van der Waals surface area contributed by atoms with Gasteiger partial charge in [0.1, 0.15) is 0 Å². The lowest BCUT2D eigenvalue weighted by Crippen LogP contribution is -2.38. The number of nitrogens with zero attached hydrogens (tertiary/aromatic N) is 4. The van der Waals surface area contributed by atoms with Gasteiger partial charge in [0.15, 0.2) is 5.82 Å². The van der Waals surface area contributed by atoms with Crippen LogP contribution in [0.1, 0.15) is 18.4 Å². The van der Waals surface area contributed by atoms with Crippen molar-refractivity contribution in [3.05, 3.63) is 36.2 Å². The smallest absolute Gasteiger partial charge is 0.248 e. The molecule has 108 valence electrons. The van der Waals surface area contributed by atoms with Crippen LogP contribution in [0.4, 0.5) is 8.78 Å². The summed E-state index contributed by atoms with van der Waals surface area (Å²) in [4.78, 5) is 4.12. The molecule has 0 atom stereocenters. The Morgan fingerprint density at radius 3 is 2.90 bits per heavy atom. The topological polar surface area (TPSA) is 63.7 Å². The Morgan fingerprint density at radius 1 is 1.38 bits per heavy atom. The van der Waals surface area contributed by atoms with E-state index in [0.717, 1.165) is 0 Å². The van der Waals surface area contributed by atoms with Crippen LogP contribution < -0.4 is 4.74 Å². The molecule has 2 heterocycles. The fourth-order valence-corrected chi connectivity index (χ4v) is 2.28. The second-order valence-electron chi connectivity index (χ2n) is 5.04. The van der Waals surface area contributed by atoms with Gasteiger partial charge in [-0.15, -0.1) is 0 Å². The van der Waals surface area contributed by atoms with Crippen molar-refractivity contribution in [3.8, 4) is 17.8 Å². The van der Waals surface area contributed by atoms with Gasteiger partial charge in [0.25, 0.3) is 0 Å². The molecule has 0 N–H and O–H groups in total. The molecule has 2 aromatic rings. The lowest BCUT2D eigenvalue weighted by atomic mass is 9.82. The van der Waals surface area contributed by atoms with Crippen LogP contribution in [0.5, 0.6) is 5.88 Å². The second kappa shape index (κ2) is 5.13. The van der Waals surface area contributed by atoms with Gasteiger partial charge in [-0.3, -0.25) is 0 Å². The van der Waals surface area contributed by atoms with E-state index in [1.165, 1.54) is 17.1 Å². The molecular formula is C14H12F2N4O. The van der Waals surface area contributed by atoms with Crippen LogP contribution in [0.2, 0.25) is 0 Å². The lowest BCUT2D eigenvalue weighted by Gasteiger charge is -2.34. The first-order valence-electron chi connectivity index (χ1n) is 6.48. The van der Waals surface area contributed by atoms with E-state index in [4.69, 9.17) is 10.00 Å². The van der Waals surface area contributed by atoms with Crippen LogP contribution in [-0.2, 0) is 0 Å². The minimum atomic E-state index is -2.54. The monoisotopic (exact) mass is 290 g/mol. The van der Waals surface area contributed by atoms with E-state index in [9.17, 15) is 8.78 Å². The van der Waals surface area contributed by atoms with E-state index >= 15 is 0 Å². The van der Waals surface area contributed by atoms with E-state index < -0.39 is 5.92 Å². The molecule has 7 heteroatoms. The van der Waals surface area contributed by atoms with Crippen molar-refractivity contribution >= 4 is 0 Å². The van der Waals surface area contributed by atoms with E-state index in [2.05, 4.69) is 10.1 Å². The van der Waals surface area contributed by atoms with Gasteiger partial charge in [-0.1, -0.05) is 0 Å².